The quantitative estimate of drug-likeness (QED) is 0.0151. The maximum atomic E-state index is 15.1. The van der Waals surface area contributed by atoms with Gasteiger partial charge in [-0.1, -0.05) is 92.6 Å². The first-order chi connectivity index (χ1) is 68.3. The molecule has 4 heterocycles. The average molecular weight is 2080 g/mol. The van der Waals surface area contributed by atoms with Gasteiger partial charge >= 0.3 is 17.1 Å². The van der Waals surface area contributed by atoms with Gasteiger partial charge in [0.25, 0.3) is 64.5 Å². The fourth-order valence-electron chi connectivity index (χ4n) is 13.5. The molecule has 0 fully saturated rings. The topological polar surface area (TPSA) is 509 Å². The molecule has 147 heavy (non-hydrogen) atoms. The lowest BCUT2D eigenvalue weighted by atomic mass is 9.90. The van der Waals surface area contributed by atoms with Crippen LogP contribution in [0.5, 0.6) is 0 Å². The molecule has 3 atom stereocenters. The summed E-state index contributed by atoms with van der Waals surface area (Å²) in [7, 11) is 7.58. The third-order valence-corrected chi connectivity index (χ3v) is 26.2. The predicted octanol–water partition coefficient (Wildman–Crippen LogP) is 8.23. The summed E-state index contributed by atoms with van der Waals surface area (Å²) in [6.45, 7) is 20.0. The Morgan fingerprint density at radius 1 is 0.361 bits per heavy atom. The fraction of sp³-hybridized carbons (Fsp3) is 0.245. The van der Waals surface area contributed by atoms with Gasteiger partial charge in [-0.2, -0.15) is 0 Å². The molecule has 8 aromatic carbocycles. The van der Waals surface area contributed by atoms with Crippen LogP contribution in [-0.4, -0.2) is 152 Å². The predicted molar refractivity (Wildman–Crippen MR) is 536 cm³/mol. The number of anilines is 6. The van der Waals surface area contributed by atoms with Gasteiger partial charge in [-0.25, -0.2) is 84.7 Å². The third kappa shape index (κ3) is 28.1. The van der Waals surface area contributed by atoms with Crippen molar-refractivity contribution in [2.75, 3.05) is 30.1 Å². The Balaban J connectivity index is 0.000000226. The van der Waals surface area contributed by atoms with E-state index >= 15 is 26.3 Å². The van der Waals surface area contributed by atoms with E-state index < -0.39 is 202 Å². The lowest BCUT2D eigenvalue weighted by Crippen LogP contribution is -2.43. The summed E-state index contributed by atoms with van der Waals surface area (Å²) in [6.07, 6.45) is 3.45. The third-order valence-electron chi connectivity index (χ3n) is 22.0. The van der Waals surface area contributed by atoms with Crippen LogP contribution in [0.3, 0.4) is 0 Å². The highest BCUT2D eigenvalue weighted by Crippen LogP contribution is 2.31. The zero-order valence-corrected chi connectivity index (χ0v) is 83.7. The first kappa shape index (κ1) is 113. The Labute approximate surface area is 840 Å². The first-order valence-electron chi connectivity index (χ1n) is 44.0. The van der Waals surface area contributed by atoms with E-state index in [1.165, 1.54) is 163 Å². The highest BCUT2D eigenvalue weighted by molar-refractivity contribution is 7.93. The summed E-state index contributed by atoms with van der Waals surface area (Å²) in [4.78, 5) is 190. The molecule has 762 valence electrons. The van der Waals surface area contributed by atoms with Crippen LogP contribution in [0.15, 0.2) is 238 Å². The molecule has 12 aromatic rings. The van der Waals surface area contributed by atoms with Gasteiger partial charge in [0.15, 0.2) is 23.5 Å². The second-order valence-corrected chi connectivity index (χ2v) is 41.7. The highest BCUT2D eigenvalue weighted by Gasteiger charge is 2.32. The van der Waals surface area contributed by atoms with Crippen LogP contribution >= 0.6 is 0 Å². The monoisotopic (exact) mass is 2070 g/mol. The van der Waals surface area contributed by atoms with E-state index in [4.69, 9.17) is 23.5 Å². The Morgan fingerprint density at radius 3 is 0.939 bits per heavy atom. The van der Waals surface area contributed by atoms with Crippen LogP contribution < -0.4 is 79.8 Å². The summed E-state index contributed by atoms with van der Waals surface area (Å²) < 4.78 is 180. The molecule has 49 heteroatoms. The van der Waals surface area contributed by atoms with Crippen molar-refractivity contribution < 1.29 is 94.7 Å². The molecule has 0 bridgehead atoms. The lowest BCUT2D eigenvalue weighted by Gasteiger charge is -2.18. The Kier molecular flexibility index (Phi) is 34.8. The number of hydrogen-bond acceptors (Lipinski definition) is 22. The number of aryl methyl sites for hydroxylation is 5. The molecule has 6 radical (unpaired) electrons. The van der Waals surface area contributed by atoms with Crippen molar-refractivity contribution in [3.05, 3.63) is 342 Å². The van der Waals surface area contributed by atoms with Crippen molar-refractivity contribution in [2.24, 2.45) is 37.4 Å². The molecule has 9 N–H and O–H groups in total. The molecule has 0 aliphatic rings. The zero-order chi connectivity index (χ0) is 109. The number of rotatable bonds is 30. The Bertz CT molecular complexity index is 7640. The molecule has 6 amide bonds. The van der Waals surface area contributed by atoms with E-state index in [9.17, 15) is 97.2 Å². The molecule has 0 spiro atoms. The second kappa shape index (κ2) is 45.4. The summed E-state index contributed by atoms with van der Waals surface area (Å²) in [6, 6.07) is 29.6. The molecule has 37 nitrogen and oxygen atoms in total. The maximum absolute atomic E-state index is 15.1. The molecule has 12 rings (SSSR count). The SMILES string of the molecule is [B]C(=O)[C@H](Cc1ccc(-n2c(=O)c(C)cn(C)c2=O)cc1)NC(=O)c1cc(F)c(NS(=O)(=O)c2ccc(NC(=O)C(C)(C)C)cc2)cc1F.[B]C(=O)[C@H](Cc1ccc(-n2c(=O)c(C)cn(C)c2=O)nc1)NC(=O)c1cc(F)c(NS(=O)(=O)c2ccc(NC(=O)C(C)(C)C)cc2)cc1F.[B]C(=O)[C@H](Cc1ccc(-n2c(=O)cc(C)n(C)c2=O)cc1)NC(=O)c1cc(F)c(NS(=O)(=O)c2ccc(NC(=O)C(C)(C)C)cc2)cc1F. The van der Waals surface area contributed by atoms with E-state index in [1.54, 1.807) is 76.2 Å². The van der Waals surface area contributed by atoms with Crippen molar-refractivity contribution in [3.8, 4) is 17.2 Å². The van der Waals surface area contributed by atoms with Crippen molar-refractivity contribution in [2.45, 2.75) is 135 Å². The van der Waals surface area contributed by atoms with Gasteiger partial charge < -0.3 is 60.0 Å². The molecule has 0 aliphatic carbocycles. The van der Waals surface area contributed by atoms with Gasteiger partial charge in [0, 0.05) is 121 Å². The first-order valence-corrected chi connectivity index (χ1v) is 48.4. The molecular formula is C98H95B3F6N16O21S3. The van der Waals surface area contributed by atoms with Crippen LogP contribution in [0.1, 0.15) is 127 Å². The number of nitrogens with one attached hydrogen (secondary N) is 9. The van der Waals surface area contributed by atoms with Crippen molar-refractivity contribution in [1.29, 1.82) is 0 Å². The van der Waals surface area contributed by atoms with Crippen molar-refractivity contribution in [1.82, 2.24) is 48.3 Å². The molecule has 0 unspecified atom stereocenters. The number of pyridine rings is 1. The Hall–Kier alpha value is -16.2. The fourth-order valence-corrected chi connectivity index (χ4v) is 16.7. The summed E-state index contributed by atoms with van der Waals surface area (Å²) in [5.74, 6) is -12.3. The van der Waals surface area contributed by atoms with Crippen LogP contribution in [-0.2, 0) is 99.2 Å². The van der Waals surface area contributed by atoms with E-state index in [0.29, 0.717) is 87.0 Å². The molecular weight excluding hydrogens is 1980 g/mol. The minimum absolute atomic E-state index is 0.00702. The average Bonchev–Trinajstić information content (AvgIpc) is 0.798. The van der Waals surface area contributed by atoms with Crippen LogP contribution in [0.2, 0.25) is 0 Å². The van der Waals surface area contributed by atoms with Gasteiger partial charge in [-0.05, 0) is 172 Å². The van der Waals surface area contributed by atoms with Gasteiger partial charge in [0.05, 0.1) is 95.0 Å². The maximum Gasteiger partial charge on any atom is 0.336 e. The van der Waals surface area contributed by atoms with E-state index in [1.807, 2.05) is 14.2 Å². The van der Waals surface area contributed by atoms with Gasteiger partial charge in [-0.3, -0.25) is 57.3 Å². The normalized spacial score (nSPS) is 12.2. The highest BCUT2D eigenvalue weighted by atomic mass is 32.2. The van der Waals surface area contributed by atoms with E-state index in [0.717, 1.165) is 50.1 Å². The van der Waals surface area contributed by atoms with Gasteiger partial charge in [0.1, 0.15) is 40.7 Å². The van der Waals surface area contributed by atoms with E-state index in [2.05, 4.69) is 36.9 Å². The largest absolute Gasteiger partial charge is 0.343 e. The zero-order valence-electron chi connectivity index (χ0n) is 81.3. The lowest BCUT2D eigenvalue weighted by molar-refractivity contribution is -0.123. The summed E-state index contributed by atoms with van der Waals surface area (Å²) >= 11 is 0. The standard InChI is InChI=1S/2C33H32BF2N5O7S.C32H31BF2N6O7S/c1-18-17-40(5)32(46)41(30(18)44)21-10-6-19(7-11-21)14-27(28(34)42)38-29(43)23-15-25(36)26(16-24(23)35)39-49(47,48)22-12-8-20(9-13-22)37-31(45)33(2,3)4;1-18-14-28(42)41(32(46)40(18)5)21-10-6-19(7-11-21)15-27(29(34)43)38-30(44)23-16-25(36)26(17-24(23)35)39-49(47,48)22-12-8-20(9-13-22)37-31(45)33(2,3)4;1-17-16-40(5)31(46)41(29(17)44)26-11-6-18(15-36-26)12-25(27(33)42)38-28(43)21-13-23(35)24(14-22(21)34)39-49(47,48)20-9-7-19(8-10-20)37-30(45)32(2,3)4/h6-13,15-17,27,39H,14H2,1-5H3,(H,37,45)(H,38,43);6-14,16-17,27,39H,15H2,1-5H3,(H,37,45)(H,38,44);6-11,13-16,25,39H,12H2,1-5H3,(H,37,45)(H,38,43)/t2*27-;25-/m000/s1. The molecule has 4 aromatic heterocycles. The second-order valence-electron chi connectivity index (χ2n) is 36.7. The van der Waals surface area contributed by atoms with Crippen molar-refractivity contribution in [3.63, 3.8) is 0 Å². The number of halogens is 6. The van der Waals surface area contributed by atoms with Crippen LogP contribution in [0.4, 0.5) is 60.5 Å². The number of nitrogens with zero attached hydrogens (tertiary/aromatic N) is 7. The summed E-state index contributed by atoms with van der Waals surface area (Å²) in [5, 5.41) is 14.6. The number of hydrogen-bond donors (Lipinski definition) is 9. The number of carbonyl (C=O) groups is 9. The number of aromatic nitrogens is 7. The van der Waals surface area contributed by atoms with Gasteiger partial charge in [-0.15, -0.1) is 0 Å². The number of amides is 6. The minimum Gasteiger partial charge on any atom is -0.343 e. The molecule has 0 saturated heterocycles. The molecule has 0 aliphatic heterocycles. The van der Waals surface area contributed by atoms with E-state index in [-0.39, 0.29) is 68.9 Å². The minimum atomic E-state index is -4.43. The van der Waals surface area contributed by atoms with Crippen molar-refractivity contribution >= 4 is 140 Å². The molecule has 0 saturated carbocycles. The number of benzene rings is 8. The van der Waals surface area contributed by atoms with Gasteiger partial charge in [0.2, 0.25) is 17.7 Å². The smallest absolute Gasteiger partial charge is 0.336 e. The summed E-state index contributed by atoms with van der Waals surface area (Å²) in [5.41, 5.74) is -9.51. The Morgan fingerprint density at radius 2 is 0.646 bits per heavy atom. The van der Waals surface area contributed by atoms with Crippen LogP contribution in [0.25, 0.3) is 17.2 Å². The number of sulfonamides is 3. The van der Waals surface area contributed by atoms with Crippen LogP contribution in [0, 0.1) is 71.9 Å². The number of carbonyl (C=O) groups excluding carboxylic acids is 9.